The second-order valence-corrected chi connectivity index (χ2v) is 9.68. The van der Waals surface area contributed by atoms with Crippen LogP contribution in [0.25, 0.3) is 22.5 Å². The van der Waals surface area contributed by atoms with Gasteiger partial charge in [-0.05, 0) is 66.8 Å². The first-order valence-electron chi connectivity index (χ1n) is 12.2. The smallest absolute Gasteiger partial charge is 0.171 e. The topological polar surface area (TPSA) is 29.3 Å². The summed E-state index contributed by atoms with van der Waals surface area (Å²) in [6.07, 6.45) is 3.90. The van der Waals surface area contributed by atoms with Crippen molar-refractivity contribution in [3.63, 3.8) is 0 Å². The first-order valence-corrected chi connectivity index (χ1v) is 12.2. The van der Waals surface area contributed by atoms with E-state index in [2.05, 4.69) is 95.8 Å². The maximum absolute atomic E-state index is 5.82. The molecule has 33 heavy (non-hydrogen) atoms. The number of nitrogens with zero attached hydrogens (tertiary/aromatic N) is 2. The first kappa shape index (κ1) is 20.4. The summed E-state index contributed by atoms with van der Waals surface area (Å²) in [6, 6.07) is 28.7. The molecule has 1 saturated carbocycles. The van der Waals surface area contributed by atoms with E-state index < -0.39 is 0 Å². The molecule has 3 nitrogen and oxygen atoms in total. The van der Waals surface area contributed by atoms with Gasteiger partial charge in [-0.2, -0.15) is 0 Å². The minimum Gasteiger partial charge on any atom is -0.356 e. The summed E-state index contributed by atoms with van der Waals surface area (Å²) >= 11 is 0. The summed E-state index contributed by atoms with van der Waals surface area (Å²) in [5.74, 6) is 2.32. The maximum Gasteiger partial charge on any atom is 0.171 e. The Morgan fingerprint density at radius 1 is 0.758 bits per heavy atom. The van der Waals surface area contributed by atoms with Gasteiger partial charge in [0.25, 0.3) is 0 Å². The Labute approximate surface area is 196 Å². The van der Waals surface area contributed by atoms with Crippen LogP contribution < -0.4 is 0 Å². The van der Waals surface area contributed by atoms with Crippen molar-refractivity contribution >= 4 is 0 Å². The van der Waals surface area contributed by atoms with Crippen LogP contribution in [0.5, 0.6) is 0 Å². The van der Waals surface area contributed by atoms with E-state index in [0.717, 1.165) is 42.6 Å². The molecular weight excluding hydrogens is 404 g/mol. The largest absolute Gasteiger partial charge is 0.356 e. The SMILES string of the molecule is Cc1noc(-c2ccc(-c3ccc(C4CC4)cc3)cc2)c1CN1CCC(c2ccccc2)C1. The van der Waals surface area contributed by atoms with Crippen molar-refractivity contribution in [1.82, 2.24) is 10.1 Å². The van der Waals surface area contributed by atoms with Crippen molar-refractivity contribution in [2.75, 3.05) is 13.1 Å². The van der Waals surface area contributed by atoms with Gasteiger partial charge >= 0.3 is 0 Å². The predicted molar refractivity (Wildman–Crippen MR) is 133 cm³/mol. The minimum absolute atomic E-state index is 0.611. The highest BCUT2D eigenvalue weighted by Crippen LogP contribution is 2.40. The molecule has 1 unspecified atom stereocenters. The van der Waals surface area contributed by atoms with E-state index in [1.54, 1.807) is 0 Å². The van der Waals surface area contributed by atoms with Gasteiger partial charge in [0, 0.05) is 24.2 Å². The number of hydrogen-bond donors (Lipinski definition) is 0. The standard InChI is InChI=1S/C30H30N2O/c1-21-29(20-32-18-17-28(19-32)22-5-3-2-4-6-22)30(33-31-21)27-15-13-26(14-16-27)25-11-9-24(10-12-25)23-7-8-23/h2-6,9-16,23,28H,7-8,17-20H2,1H3. The molecule has 1 saturated heterocycles. The lowest BCUT2D eigenvalue weighted by Gasteiger charge is -2.16. The van der Waals surface area contributed by atoms with Gasteiger partial charge in [-0.25, -0.2) is 0 Å². The van der Waals surface area contributed by atoms with Crippen LogP contribution in [0.2, 0.25) is 0 Å². The summed E-state index contributed by atoms with van der Waals surface area (Å²) in [7, 11) is 0. The lowest BCUT2D eigenvalue weighted by atomic mass is 9.98. The highest BCUT2D eigenvalue weighted by molar-refractivity contribution is 5.70. The number of aromatic nitrogens is 1. The van der Waals surface area contributed by atoms with Crippen LogP contribution >= 0.6 is 0 Å². The summed E-state index contributed by atoms with van der Waals surface area (Å²) in [4.78, 5) is 2.54. The summed E-state index contributed by atoms with van der Waals surface area (Å²) in [5, 5.41) is 4.32. The molecule has 3 aromatic carbocycles. The molecule has 0 bridgehead atoms. The summed E-state index contributed by atoms with van der Waals surface area (Å²) < 4.78 is 5.82. The average Bonchev–Trinajstić information content (AvgIpc) is 3.52. The fourth-order valence-corrected chi connectivity index (χ4v) is 5.18. The third-order valence-electron chi connectivity index (χ3n) is 7.35. The van der Waals surface area contributed by atoms with Gasteiger partial charge < -0.3 is 4.52 Å². The fraction of sp³-hybridized carbons (Fsp3) is 0.300. The Hall–Kier alpha value is -3.17. The molecule has 1 aliphatic heterocycles. The first-order chi connectivity index (χ1) is 16.2. The molecule has 2 aliphatic rings. The molecule has 2 heterocycles. The molecule has 0 radical (unpaired) electrons. The van der Waals surface area contributed by atoms with Gasteiger partial charge in [-0.1, -0.05) is 84.0 Å². The second kappa shape index (κ2) is 8.64. The van der Waals surface area contributed by atoms with Crippen LogP contribution in [-0.4, -0.2) is 23.1 Å². The monoisotopic (exact) mass is 434 g/mol. The van der Waals surface area contributed by atoms with Crippen molar-refractivity contribution in [2.45, 2.75) is 44.6 Å². The molecule has 4 aromatic rings. The summed E-state index contributed by atoms with van der Waals surface area (Å²) in [6.45, 7) is 5.14. The number of likely N-dealkylation sites (tertiary alicyclic amines) is 1. The Morgan fingerprint density at radius 2 is 1.39 bits per heavy atom. The number of hydrogen-bond acceptors (Lipinski definition) is 3. The Kier molecular flexibility index (Phi) is 5.35. The predicted octanol–water partition coefficient (Wildman–Crippen LogP) is 7.18. The van der Waals surface area contributed by atoms with Crippen molar-refractivity contribution in [3.8, 4) is 22.5 Å². The second-order valence-electron chi connectivity index (χ2n) is 9.68. The van der Waals surface area contributed by atoms with E-state index in [9.17, 15) is 0 Å². The molecule has 1 aliphatic carbocycles. The van der Waals surface area contributed by atoms with Crippen molar-refractivity contribution in [2.24, 2.45) is 0 Å². The van der Waals surface area contributed by atoms with E-state index >= 15 is 0 Å². The molecule has 0 spiro atoms. The Morgan fingerprint density at radius 3 is 2.09 bits per heavy atom. The third-order valence-corrected chi connectivity index (χ3v) is 7.35. The van der Waals surface area contributed by atoms with Crippen LogP contribution in [0.1, 0.15) is 53.5 Å². The normalized spacial score (nSPS) is 18.6. The molecule has 1 atom stereocenters. The van der Waals surface area contributed by atoms with Gasteiger partial charge in [-0.15, -0.1) is 0 Å². The molecule has 0 amide bonds. The summed E-state index contributed by atoms with van der Waals surface area (Å²) in [5.41, 5.74) is 8.74. The molecule has 2 fully saturated rings. The van der Waals surface area contributed by atoms with Crippen LogP contribution in [-0.2, 0) is 6.54 Å². The molecule has 0 N–H and O–H groups in total. The molecule has 166 valence electrons. The maximum atomic E-state index is 5.82. The van der Waals surface area contributed by atoms with Crippen molar-refractivity contribution in [3.05, 3.63) is 101 Å². The number of aryl methyl sites for hydroxylation is 1. The number of benzene rings is 3. The van der Waals surface area contributed by atoms with Crippen LogP contribution in [0, 0.1) is 6.92 Å². The highest BCUT2D eigenvalue weighted by atomic mass is 16.5. The van der Waals surface area contributed by atoms with E-state index in [1.807, 2.05) is 0 Å². The van der Waals surface area contributed by atoms with Gasteiger partial charge in [0.1, 0.15) is 0 Å². The zero-order valence-electron chi connectivity index (χ0n) is 19.2. The zero-order chi connectivity index (χ0) is 22.2. The minimum atomic E-state index is 0.611. The molecule has 3 heteroatoms. The average molecular weight is 435 g/mol. The molecule has 6 rings (SSSR count). The van der Waals surface area contributed by atoms with E-state index in [4.69, 9.17) is 4.52 Å². The Balaban J connectivity index is 1.18. The van der Waals surface area contributed by atoms with E-state index in [1.165, 1.54) is 47.1 Å². The lowest BCUT2D eigenvalue weighted by molar-refractivity contribution is 0.325. The lowest BCUT2D eigenvalue weighted by Crippen LogP contribution is -2.20. The van der Waals surface area contributed by atoms with E-state index in [-0.39, 0.29) is 0 Å². The molecular formula is C30H30N2O. The van der Waals surface area contributed by atoms with Gasteiger partial charge in [0.2, 0.25) is 0 Å². The highest BCUT2D eigenvalue weighted by Gasteiger charge is 2.26. The van der Waals surface area contributed by atoms with Gasteiger partial charge in [0.15, 0.2) is 5.76 Å². The molecule has 1 aromatic heterocycles. The van der Waals surface area contributed by atoms with Gasteiger partial charge in [0.05, 0.1) is 5.69 Å². The number of rotatable bonds is 6. The fourth-order valence-electron chi connectivity index (χ4n) is 5.18. The van der Waals surface area contributed by atoms with Crippen LogP contribution in [0.3, 0.4) is 0 Å². The van der Waals surface area contributed by atoms with Gasteiger partial charge in [-0.3, -0.25) is 4.90 Å². The Bertz CT molecular complexity index is 1220. The zero-order valence-corrected chi connectivity index (χ0v) is 19.2. The quantitative estimate of drug-likeness (QED) is 0.322. The van der Waals surface area contributed by atoms with Crippen molar-refractivity contribution in [1.29, 1.82) is 0 Å². The third kappa shape index (κ3) is 4.26. The van der Waals surface area contributed by atoms with Crippen LogP contribution in [0.4, 0.5) is 0 Å². The van der Waals surface area contributed by atoms with Crippen LogP contribution in [0.15, 0.2) is 83.4 Å². The van der Waals surface area contributed by atoms with E-state index in [0.29, 0.717) is 5.92 Å². The van der Waals surface area contributed by atoms with Crippen molar-refractivity contribution < 1.29 is 4.52 Å².